The highest BCUT2D eigenvalue weighted by atomic mass is 32.1. The first kappa shape index (κ1) is 13.5. The van der Waals surface area contributed by atoms with E-state index in [1.165, 1.54) is 24.3 Å². The maximum atomic E-state index is 13.7. The highest BCUT2D eigenvalue weighted by molar-refractivity contribution is 7.10. The highest BCUT2D eigenvalue weighted by Gasteiger charge is 2.08. The molecular formula is C14H15FN2OS. The number of para-hydroxylation sites is 1. The lowest BCUT2D eigenvalue weighted by Crippen LogP contribution is -2.08. The molecule has 1 aromatic carbocycles. The Balaban J connectivity index is 2.11. The van der Waals surface area contributed by atoms with E-state index < -0.39 is 0 Å². The number of benzene rings is 1. The van der Waals surface area contributed by atoms with Gasteiger partial charge < -0.3 is 10.6 Å². The second kappa shape index (κ2) is 5.84. The van der Waals surface area contributed by atoms with Gasteiger partial charge in [-0.2, -0.15) is 0 Å². The number of halogens is 1. The minimum Gasteiger partial charge on any atom is -0.377 e. The van der Waals surface area contributed by atoms with Crippen molar-refractivity contribution in [2.24, 2.45) is 0 Å². The van der Waals surface area contributed by atoms with Crippen LogP contribution in [0.1, 0.15) is 17.4 Å². The van der Waals surface area contributed by atoms with Crippen molar-refractivity contribution in [3.05, 3.63) is 45.9 Å². The molecule has 0 bridgehead atoms. The van der Waals surface area contributed by atoms with Crippen LogP contribution in [0.4, 0.5) is 15.8 Å². The standard InChI is InChI=1S/C14H15FN2OS/c1-9-4-3-5-11(15)14(9)16-8-13-12(6-7-19-13)17-10(2)18/h3-7,16H,8H2,1-2H3,(H,17,18). The summed E-state index contributed by atoms with van der Waals surface area (Å²) in [6.07, 6.45) is 0. The third kappa shape index (κ3) is 3.32. The predicted octanol–water partition coefficient (Wildman–Crippen LogP) is 3.77. The van der Waals surface area contributed by atoms with Gasteiger partial charge in [0.1, 0.15) is 5.82 Å². The van der Waals surface area contributed by atoms with E-state index in [1.807, 2.05) is 24.4 Å². The SMILES string of the molecule is CC(=O)Nc1ccsc1CNc1c(C)cccc1F. The Morgan fingerprint density at radius 3 is 2.84 bits per heavy atom. The molecule has 2 aromatic rings. The molecule has 0 unspecified atom stereocenters. The topological polar surface area (TPSA) is 41.1 Å². The van der Waals surface area contributed by atoms with Crippen LogP contribution < -0.4 is 10.6 Å². The Kier molecular flexibility index (Phi) is 4.16. The van der Waals surface area contributed by atoms with Crippen LogP contribution in [-0.2, 0) is 11.3 Å². The normalized spacial score (nSPS) is 10.3. The van der Waals surface area contributed by atoms with E-state index in [1.54, 1.807) is 6.07 Å². The molecule has 0 saturated carbocycles. The van der Waals surface area contributed by atoms with Crippen molar-refractivity contribution in [3.8, 4) is 0 Å². The van der Waals surface area contributed by atoms with E-state index in [4.69, 9.17) is 0 Å². The molecule has 0 radical (unpaired) electrons. The summed E-state index contributed by atoms with van der Waals surface area (Å²) in [6.45, 7) is 3.81. The zero-order valence-electron chi connectivity index (χ0n) is 10.8. The molecule has 3 nitrogen and oxygen atoms in total. The zero-order chi connectivity index (χ0) is 13.8. The number of carbonyl (C=O) groups is 1. The zero-order valence-corrected chi connectivity index (χ0v) is 11.6. The van der Waals surface area contributed by atoms with Gasteiger partial charge in [0.2, 0.25) is 5.91 Å². The molecule has 0 spiro atoms. The van der Waals surface area contributed by atoms with Gasteiger partial charge in [-0.1, -0.05) is 12.1 Å². The first-order valence-electron chi connectivity index (χ1n) is 5.91. The summed E-state index contributed by atoms with van der Waals surface area (Å²) in [5.74, 6) is -0.376. The largest absolute Gasteiger partial charge is 0.377 e. The van der Waals surface area contributed by atoms with Crippen molar-refractivity contribution in [3.63, 3.8) is 0 Å². The van der Waals surface area contributed by atoms with Gasteiger partial charge in [0.15, 0.2) is 0 Å². The number of thiophene rings is 1. The Labute approximate surface area is 115 Å². The third-order valence-electron chi connectivity index (χ3n) is 2.70. The van der Waals surface area contributed by atoms with Gasteiger partial charge in [0.05, 0.1) is 17.9 Å². The van der Waals surface area contributed by atoms with Crippen LogP contribution in [0.25, 0.3) is 0 Å². The number of amides is 1. The third-order valence-corrected chi connectivity index (χ3v) is 3.62. The number of carbonyl (C=O) groups excluding carboxylic acids is 1. The van der Waals surface area contributed by atoms with Gasteiger partial charge >= 0.3 is 0 Å². The fourth-order valence-electron chi connectivity index (χ4n) is 1.80. The average Bonchev–Trinajstić information content (AvgIpc) is 2.75. The molecule has 5 heteroatoms. The molecule has 100 valence electrons. The number of aryl methyl sites for hydroxylation is 1. The summed E-state index contributed by atoms with van der Waals surface area (Å²) in [5, 5.41) is 7.74. The molecule has 0 atom stereocenters. The summed E-state index contributed by atoms with van der Waals surface area (Å²) in [5.41, 5.74) is 2.14. The van der Waals surface area contributed by atoms with Crippen LogP contribution in [-0.4, -0.2) is 5.91 Å². The molecule has 0 saturated heterocycles. The van der Waals surface area contributed by atoms with Crippen molar-refractivity contribution in [2.75, 3.05) is 10.6 Å². The Hall–Kier alpha value is -1.88. The Morgan fingerprint density at radius 2 is 2.16 bits per heavy atom. The molecule has 1 aromatic heterocycles. The molecule has 0 aliphatic heterocycles. The van der Waals surface area contributed by atoms with Crippen LogP contribution in [0.15, 0.2) is 29.6 Å². The summed E-state index contributed by atoms with van der Waals surface area (Å²) in [7, 11) is 0. The van der Waals surface area contributed by atoms with E-state index >= 15 is 0 Å². The second-order valence-electron chi connectivity index (χ2n) is 4.22. The minimum absolute atomic E-state index is 0.110. The van der Waals surface area contributed by atoms with Crippen LogP contribution in [0.5, 0.6) is 0 Å². The number of hydrogen-bond donors (Lipinski definition) is 2. The van der Waals surface area contributed by atoms with Crippen molar-refractivity contribution in [2.45, 2.75) is 20.4 Å². The predicted molar refractivity (Wildman–Crippen MR) is 77.1 cm³/mol. The van der Waals surface area contributed by atoms with E-state index in [-0.39, 0.29) is 11.7 Å². The first-order chi connectivity index (χ1) is 9.08. The van der Waals surface area contributed by atoms with Gasteiger partial charge in [-0.3, -0.25) is 4.79 Å². The molecule has 1 amide bonds. The molecule has 1 heterocycles. The van der Waals surface area contributed by atoms with Crippen molar-refractivity contribution >= 4 is 28.6 Å². The lowest BCUT2D eigenvalue weighted by atomic mass is 10.2. The van der Waals surface area contributed by atoms with E-state index in [0.29, 0.717) is 12.2 Å². The number of hydrogen-bond acceptors (Lipinski definition) is 3. The minimum atomic E-state index is -0.266. The Morgan fingerprint density at radius 1 is 1.37 bits per heavy atom. The lowest BCUT2D eigenvalue weighted by molar-refractivity contribution is -0.114. The summed E-state index contributed by atoms with van der Waals surface area (Å²) >= 11 is 1.52. The first-order valence-corrected chi connectivity index (χ1v) is 6.79. The number of rotatable bonds is 4. The fraction of sp³-hybridized carbons (Fsp3) is 0.214. The molecule has 0 aliphatic carbocycles. The van der Waals surface area contributed by atoms with Gasteiger partial charge in [-0.25, -0.2) is 4.39 Å². The number of nitrogens with one attached hydrogen (secondary N) is 2. The molecule has 0 aliphatic rings. The highest BCUT2D eigenvalue weighted by Crippen LogP contribution is 2.25. The second-order valence-corrected chi connectivity index (χ2v) is 5.22. The van der Waals surface area contributed by atoms with Gasteiger partial charge in [0.25, 0.3) is 0 Å². The van der Waals surface area contributed by atoms with Crippen LogP contribution in [0.3, 0.4) is 0 Å². The maximum absolute atomic E-state index is 13.7. The summed E-state index contributed by atoms with van der Waals surface area (Å²) in [6, 6.07) is 6.81. The van der Waals surface area contributed by atoms with Crippen molar-refractivity contribution in [1.82, 2.24) is 0 Å². The van der Waals surface area contributed by atoms with E-state index in [9.17, 15) is 9.18 Å². The van der Waals surface area contributed by atoms with Gasteiger partial charge in [-0.05, 0) is 30.0 Å². The average molecular weight is 278 g/mol. The maximum Gasteiger partial charge on any atom is 0.221 e. The van der Waals surface area contributed by atoms with Crippen LogP contribution >= 0.6 is 11.3 Å². The molecular weight excluding hydrogens is 263 g/mol. The van der Waals surface area contributed by atoms with E-state index in [2.05, 4.69) is 10.6 Å². The van der Waals surface area contributed by atoms with Crippen molar-refractivity contribution in [1.29, 1.82) is 0 Å². The quantitative estimate of drug-likeness (QED) is 0.894. The fourth-order valence-corrected chi connectivity index (χ4v) is 2.57. The van der Waals surface area contributed by atoms with Gasteiger partial charge in [0, 0.05) is 11.8 Å². The van der Waals surface area contributed by atoms with E-state index in [0.717, 1.165) is 16.1 Å². The van der Waals surface area contributed by atoms with Gasteiger partial charge in [-0.15, -0.1) is 11.3 Å². The lowest BCUT2D eigenvalue weighted by Gasteiger charge is -2.11. The molecule has 0 fully saturated rings. The molecule has 19 heavy (non-hydrogen) atoms. The monoisotopic (exact) mass is 278 g/mol. The van der Waals surface area contributed by atoms with Crippen LogP contribution in [0.2, 0.25) is 0 Å². The summed E-state index contributed by atoms with van der Waals surface area (Å²) < 4.78 is 13.7. The summed E-state index contributed by atoms with van der Waals surface area (Å²) in [4.78, 5) is 12.0. The Bertz CT molecular complexity index is 575. The van der Waals surface area contributed by atoms with Crippen molar-refractivity contribution < 1.29 is 9.18 Å². The number of anilines is 2. The smallest absolute Gasteiger partial charge is 0.221 e. The molecule has 2 rings (SSSR count). The molecule has 2 N–H and O–H groups in total. The van der Waals surface area contributed by atoms with Crippen LogP contribution in [0, 0.1) is 12.7 Å².